The Morgan fingerprint density at radius 1 is 1.20 bits per heavy atom. The topological polar surface area (TPSA) is 26.3 Å². The van der Waals surface area contributed by atoms with Crippen LogP contribution in [0, 0.1) is 0 Å². The molecule has 106 valence electrons. The van der Waals surface area contributed by atoms with Crippen molar-refractivity contribution >= 4 is 28.7 Å². The predicted octanol–water partition coefficient (Wildman–Crippen LogP) is 5.01. The van der Waals surface area contributed by atoms with Gasteiger partial charge in [-0.25, -0.2) is 0 Å². The fraction of sp³-hybridized carbons (Fsp3) is 0.312. The van der Waals surface area contributed by atoms with Gasteiger partial charge in [-0.1, -0.05) is 37.1 Å². The second-order valence-electron chi connectivity index (χ2n) is 4.56. The number of thiophene rings is 1. The van der Waals surface area contributed by atoms with E-state index in [1.165, 1.54) is 29.7 Å². The molecule has 0 aliphatic carbocycles. The molecule has 0 amide bonds. The van der Waals surface area contributed by atoms with Crippen LogP contribution in [0.2, 0.25) is 4.34 Å². The van der Waals surface area contributed by atoms with Crippen LogP contribution in [0.5, 0.6) is 5.75 Å². The molecule has 0 spiro atoms. The maximum Gasteiger partial charge on any atom is 0.210 e. The Morgan fingerprint density at radius 2 is 1.95 bits per heavy atom. The van der Waals surface area contributed by atoms with Crippen LogP contribution in [0.25, 0.3) is 0 Å². The molecule has 20 heavy (non-hydrogen) atoms. The van der Waals surface area contributed by atoms with Crippen molar-refractivity contribution in [1.82, 2.24) is 0 Å². The summed E-state index contributed by atoms with van der Waals surface area (Å²) in [6, 6.07) is 11.4. The lowest BCUT2D eigenvalue weighted by Crippen LogP contribution is -2.09. The van der Waals surface area contributed by atoms with Gasteiger partial charge in [-0.15, -0.1) is 11.3 Å². The number of ether oxygens (including phenoxy) is 1. The summed E-state index contributed by atoms with van der Waals surface area (Å²) in [5, 5.41) is 0. The summed E-state index contributed by atoms with van der Waals surface area (Å²) in [6.45, 7) is 2.23. The molecule has 4 heteroatoms. The number of unbranched alkanes of at least 4 members (excludes halogenated alkanes) is 1. The van der Waals surface area contributed by atoms with Crippen LogP contribution in [0.3, 0.4) is 0 Å². The number of carbonyl (C=O) groups is 1. The average Bonchev–Trinajstić information content (AvgIpc) is 2.90. The molecule has 1 aromatic heterocycles. The third-order valence-corrected chi connectivity index (χ3v) is 4.23. The zero-order valence-corrected chi connectivity index (χ0v) is 13.0. The van der Waals surface area contributed by atoms with Crippen LogP contribution >= 0.6 is 22.9 Å². The van der Waals surface area contributed by atoms with Gasteiger partial charge < -0.3 is 4.74 Å². The smallest absolute Gasteiger partial charge is 0.210 e. The molecule has 2 nitrogen and oxygen atoms in total. The zero-order valence-electron chi connectivity index (χ0n) is 11.4. The summed E-state index contributed by atoms with van der Waals surface area (Å²) in [5.41, 5.74) is 1.30. The minimum absolute atomic E-state index is 0.0445. The molecule has 0 aliphatic rings. The Morgan fingerprint density at radius 3 is 2.55 bits per heavy atom. The highest BCUT2D eigenvalue weighted by Gasteiger charge is 2.09. The molecule has 1 heterocycles. The van der Waals surface area contributed by atoms with E-state index >= 15 is 0 Å². The van der Waals surface area contributed by atoms with Gasteiger partial charge in [0.15, 0.2) is 6.61 Å². The van der Waals surface area contributed by atoms with E-state index < -0.39 is 0 Å². The highest BCUT2D eigenvalue weighted by molar-refractivity contribution is 7.18. The third kappa shape index (κ3) is 4.36. The van der Waals surface area contributed by atoms with Crippen LogP contribution in [-0.4, -0.2) is 12.4 Å². The lowest BCUT2D eigenvalue weighted by molar-refractivity contribution is 0.0925. The number of benzene rings is 1. The SMILES string of the molecule is CCCCc1ccc(OCC(=O)c2ccc(Cl)s2)cc1. The lowest BCUT2D eigenvalue weighted by atomic mass is 10.1. The van der Waals surface area contributed by atoms with Crippen LogP contribution in [-0.2, 0) is 6.42 Å². The molecule has 0 bridgehead atoms. The van der Waals surface area contributed by atoms with E-state index in [1.807, 2.05) is 12.1 Å². The first kappa shape index (κ1) is 15.1. The highest BCUT2D eigenvalue weighted by atomic mass is 35.5. The molecular formula is C16H17ClO2S. The third-order valence-electron chi connectivity index (χ3n) is 2.96. The molecular weight excluding hydrogens is 292 g/mol. The number of carbonyl (C=O) groups excluding carboxylic acids is 1. The van der Waals surface area contributed by atoms with Crippen molar-refractivity contribution in [1.29, 1.82) is 0 Å². The van der Waals surface area contributed by atoms with Crippen molar-refractivity contribution in [2.75, 3.05) is 6.61 Å². The van der Waals surface area contributed by atoms with E-state index in [2.05, 4.69) is 19.1 Å². The number of hydrogen-bond acceptors (Lipinski definition) is 3. The summed E-state index contributed by atoms with van der Waals surface area (Å²) >= 11 is 7.08. The highest BCUT2D eigenvalue weighted by Crippen LogP contribution is 2.22. The Balaban J connectivity index is 1.86. The summed E-state index contributed by atoms with van der Waals surface area (Å²) in [6.07, 6.45) is 3.47. The number of rotatable bonds is 7. The molecule has 0 fully saturated rings. The van der Waals surface area contributed by atoms with Gasteiger partial charge in [0.05, 0.1) is 9.21 Å². The Kier molecular flexibility index (Phi) is 5.62. The number of hydrogen-bond donors (Lipinski definition) is 0. The minimum atomic E-state index is -0.0445. The van der Waals surface area contributed by atoms with Crippen molar-refractivity contribution in [2.24, 2.45) is 0 Å². The van der Waals surface area contributed by atoms with E-state index in [-0.39, 0.29) is 12.4 Å². The number of ketones is 1. The van der Waals surface area contributed by atoms with Crippen LogP contribution in [0.4, 0.5) is 0 Å². The van der Waals surface area contributed by atoms with E-state index in [0.29, 0.717) is 9.21 Å². The summed E-state index contributed by atoms with van der Waals surface area (Å²) in [4.78, 5) is 12.5. The first-order valence-corrected chi connectivity index (χ1v) is 7.88. The molecule has 2 rings (SSSR count). The van der Waals surface area contributed by atoms with E-state index in [9.17, 15) is 4.79 Å². The average molecular weight is 309 g/mol. The standard InChI is InChI=1S/C16H17ClO2S/c1-2-3-4-12-5-7-13(8-6-12)19-11-14(18)15-9-10-16(17)20-15/h5-10H,2-4,11H2,1H3. The fourth-order valence-electron chi connectivity index (χ4n) is 1.82. The summed E-state index contributed by atoms with van der Waals surface area (Å²) < 4.78 is 6.12. The van der Waals surface area contributed by atoms with Gasteiger partial charge in [0, 0.05) is 0 Å². The first-order chi connectivity index (χ1) is 9.69. The molecule has 0 unspecified atom stereocenters. The van der Waals surface area contributed by atoms with Gasteiger partial charge >= 0.3 is 0 Å². The van der Waals surface area contributed by atoms with Crippen molar-refractivity contribution in [3.8, 4) is 5.75 Å². The first-order valence-electron chi connectivity index (χ1n) is 6.69. The molecule has 0 radical (unpaired) electrons. The number of aryl methyl sites for hydroxylation is 1. The molecule has 0 atom stereocenters. The molecule has 0 saturated heterocycles. The molecule has 0 saturated carbocycles. The van der Waals surface area contributed by atoms with Gasteiger partial charge in [0.1, 0.15) is 5.75 Å². The zero-order chi connectivity index (χ0) is 14.4. The Labute approximate surface area is 128 Å². The quantitative estimate of drug-likeness (QED) is 0.672. The van der Waals surface area contributed by atoms with Crippen molar-refractivity contribution in [3.63, 3.8) is 0 Å². The normalized spacial score (nSPS) is 10.5. The number of Topliss-reactive ketones (excluding diaryl/α,β-unsaturated/α-hetero) is 1. The monoisotopic (exact) mass is 308 g/mol. The van der Waals surface area contributed by atoms with Crippen LogP contribution < -0.4 is 4.74 Å². The van der Waals surface area contributed by atoms with Crippen molar-refractivity contribution < 1.29 is 9.53 Å². The van der Waals surface area contributed by atoms with Crippen LogP contribution in [0.15, 0.2) is 36.4 Å². The van der Waals surface area contributed by atoms with Gasteiger partial charge in [-0.05, 0) is 42.7 Å². The second-order valence-corrected chi connectivity index (χ2v) is 6.28. The minimum Gasteiger partial charge on any atom is -0.485 e. The molecule has 2 aromatic rings. The molecule has 0 N–H and O–H groups in total. The van der Waals surface area contributed by atoms with E-state index in [1.54, 1.807) is 12.1 Å². The maximum atomic E-state index is 11.9. The van der Waals surface area contributed by atoms with Gasteiger partial charge in [0.2, 0.25) is 5.78 Å². The largest absolute Gasteiger partial charge is 0.485 e. The van der Waals surface area contributed by atoms with Crippen LogP contribution in [0.1, 0.15) is 35.0 Å². The lowest BCUT2D eigenvalue weighted by Gasteiger charge is -2.06. The van der Waals surface area contributed by atoms with Gasteiger partial charge in [-0.3, -0.25) is 4.79 Å². The van der Waals surface area contributed by atoms with Gasteiger partial charge in [0.25, 0.3) is 0 Å². The maximum absolute atomic E-state index is 11.9. The summed E-state index contributed by atoms with van der Waals surface area (Å²) in [5.74, 6) is 0.679. The van der Waals surface area contributed by atoms with E-state index in [0.717, 1.165) is 12.2 Å². The molecule has 1 aromatic carbocycles. The predicted molar refractivity (Wildman–Crippen MR) is 84.2 cm³/mol. The fourth-order valence-corrected chi connectivity index (χ4v) is 2.78. The Hall–Kier alpha value is -1.32. The van der Waals surface area contributed by atoms with Crippen molar-refractivity contribution in [3.05, 3.63) is 51.2 Å². The number of halogens is 1. The second kappa shape index (κ2) is 7.46. The van der Waals surface area contributed by atoms with E-state index in [4.69, 9.17) is 16.3 Å². The molecule has 0 aliphatic heterocycles. The van der Waals surface area contributed by atoms with Crippen molar-refractivity contribution in [2.45, 2.75) is 26.2 Å². The Bertz CT molecular complexity index is 560. The summed E-state index contributed by atoms with van der Waals surface area (Å²) in [7, 11) is 0. The van der Waals surface area contributed by atoms with Gasteiger partial charge in [-0.2, -0.15) is 0 Å².